The van der Waals surface area contributed by atoms with E-state index < -0.39 is 6.10 Å². The SMILES string of the molecule is CC/C=C\C/C=C\C/C=C\C/C=C\CCCCCCCCCOCC(COC(=O)CCCCCCCC/C=C\C/C=C\C/C=C\CCCCC)OC(=O)CCCCCCCCCCC/C=C\CCCCCCCC. The summed E-state index contributed by atoms with van der Waals surface area (Å²) in [6.07, 6.45) is 87.2. The Morgan fingerprint density at radius 1 is 0.311 bits per heavy atom. The van der Waals surface area contributed by atoms with Gasteiger partial charge in [0.2, 0.25) is 0 Å². The molecule has 0 rings (SSSR count). The number of hydrogen-bond donors (Lipinski definition) is 0. The quantitative estimate of drug-likeness (QED) is 0.0345. The lowest BCUT2D eigenvalue weighted by Crippen LogP contribution is -2.30. The van der Waals surface area contributed by atoms with Crippen LogP contribution < -0.4 is 0 Å². The molecule has 0 aromatic rings. The highest BCUT2D eigenvalue weighted by Gasteiger charge is 2.17. The summed E-state index contributed by atoms with van der Waals surface area (Å²) in [6, 6.07) is 0. The maximum atomic E-state index is 12.9. The summed E-state index contributed by atoms with van der Waals surface area (Å²) < 4.78 is 17.5. The predicted molar refractivity (Wildman–Crippen MR) is 325 cm³/mol. The molecule has 0 aliphatic rings. The van der Waals surface area contributed by atoms with Gasteiger partial charge in [-0.1, -0.05) is 266 Å². The average molecular weight is 1030 g/mol. The molecule has 0 aliphatic carbocycles. The maximum absolute atomic E-state index is 12.9. The van der Waals surface area contributed by atoms with Gasteiger partial charge < -0.3 is 14.2 Å². The molecule has 0 aromatic carbocycles. The van der Waals surface area contributed by atoms with Gasteiger partial charge >= 0.3 is 11.9 Å². The third-order valence-electron chi connectivity index (χ3n) is 13.6. The number of ether oxygens (including phenoxy) is 3. The number of rotatable bonds is 58. The van der Waals surface area contributed by atoms with Crippen LogP contribution in [0.2, 0.25) is 0 Å². The molecule has 0 spiro atoms. The molecule has 0 amide bonds. The summed E-state index contributed by atoms with van der Waals surface area (Å²) >= 11 is 0. The third kappa shape index (κ3) is 61.4. The van der Waals surface area contributed by atoms with Crippen LogP contribution in [0.5, 0.6) is 0 Å². The zero-order valence-electron chi connectivity index (χ0n) is 49.1. The Morgan fingerprint density at radius 3 is 1.01 bits per heavy atom. The minimum atomic E-state index is -0.556. The van der Waals surface area contributed by atoms with Crippen molar-refractivity contribution in [1.29, 1.82) is 0 Å². The summed E-state index contributed by atoms with van der Waals surface area (Å²) in [6.45, 7) is 7.68. The Morgan fingerprint density at radius 2 is 0.608 bits per heavy atom. The van der Waals surface area contributed by atoms with Crippen LogP contribution in [0.3, 0.4) is 0 Å². The van der Waals surface area contributed by atoms with E-state index in [4.69, 9.17) is 14.2 Å². The molecule has 0 aromatic heterocycles. The van der Waals surface area contributed by atoms with Crippen molar-refractivity contribution < 1.29 is 23.8 Å². The average Bonchev–Trinajstić information content (AvgIpc) is 3.40. The molecule has 5 heteroatoms. The van der Waals surface area contributed by atoms with Gasteiger partial charge in [-0.2, -0.15) is 0 Å². The van der Waals surface area contributed by atoms with Crippen molar-refractivity contribution in [3.8, 4) is 0 Å². The molecule has 5 nitrogen and oxygen atoms in total. The lowest BCUT2D eigenvalue weighted by atomic mass is 10.1. The molecule has 0 radical (unpaired) electrons. The lowest BCUT2D eigenvalue weighted by molar-refractivity contribution is -0.163. The first-order chi connectivity index (χ1) is 36.6. The van der Waals surface area contributed by atoms with Crippen LogP contribution in [0.4, 0.5) is 0 Å². The van der Waals surface area contributed by atoms with Crippen molar-refractivity contribution in [2.45, 2.75) is 309 Å². The van der Waals surface area contributed by atoms with Gasteiger partial charge in [-0.15, -0.1) is 0 Å². The van der Waals surface area contributed by atoms with Gasteiger partial charge in [0.25, 0.3) is 0 Å². The first-order valence-corrected chi connectivity index (χ1v) is 31.8. The Bertz CT molecular complexity index is 1400. The van der Waals surface area contributed by atoms with Gasteiger partial charge in [-0.05, 0) is 122 Å². The number of allylic oxidation sites excluding steroid dienone is 16. The number of carbonyl (C=O) groups excluding carboxylic acids is 2. The van der Waals surface area contributed by atoms with Crippen molar-refractivity contribution in [3.63, 3.8) is 0 Å². The molecule has 74 heavy (non-hydrogen) atoms. The largest absolute Gasteiger partial charge is 0.462 e. The topological polar surface area (TPSA) is 61.8 Å². The zero-order chi connectivity index (χ0) is 53.4. The first-order valence-electron chi connectivity index (χ1n) is 31.8. The van der Waals surface area contributed by atoms with Gasteiger partial charge in [0, 0.05) is 19.4 Å². The predicted octanol–water partition coefficient (Wildman–Crippen LogP) is 22.1. The number of carbonyl (C=O) groups is 2. The van der Waals surface area contributed by atoms with Crippen molar-refractivity contribution in [1.82, 2.24) is 0 Å². The molecular weight excluding hydrogens is 909 g/mol. The highest BCUT2D eigenvalue weighted by atomic mass is 16.6. The van der Waals surface area contributed by atoms with Crippen molar-refractivity contribution in [2.75, 3.05) is 19.8 Å². The molecule has 0 bridgehead atoms. The maximum Gasteiger partial charge on any atom is 0.306 e. The van der Waals surface area contributed by atoms with Crippen LogP contribution in [0.25, 0.3) is 0 Å². The van der Waals surface area contributed by atoms with Gasteiger partial charge in [0.05, 0.1) is 6.61 Å². The fraction of sp³-hybridized carbons (Fsp3) is 0.739. The smallest absolute Gasteiger partial charge is 0.306 e. The van der Waals surface area contributed by atoms with Crippen molar-refractivity contribution in [3.05, 3.63) is 97.2 Å². The van der Waals surface area contributed by atoms with Gasteiger partial charge in [0.15, 0.2) is 6.10 Å². The van der Waals surface area contributed by atoms with Crippen LogP contribution in [0.1, 0.15) is 303 Å². The minimum Gasteiger partial charge on any atom is -0.462 e. The van der Waals surface area contributed by atoms with E-state index in [-0.39, 0.29) is 25.2 Å². The number of unbranched alkanes of at least 4 members (excludes halogenated alkanes) is 31. The van der Waals surface area contributed by atoms with Crippen LogP contribution in [-0.4, -0.2) is 37.9 Å². The summed E-state index contributed by atoms with van der Waals surface area (Å²) in [5, 5.41) is 0. The normalized spacial score (nSPS) is 12.9. The molecule has 0 heterocycles. The first kappa shape index (κ1) is 70.8. The molecular formula is C69H120O5. The fourth-order valence-electron chi connectivity index (χ4n) is 8.86. The standard InChI is InChI=1S/C69H120O5/c1-4-7-10-13-16-19-22-25-28-31-34-37-40-43-46-49-52-55-58-61-64-72-65-67(74-69(71)63-60-57-54-51-48-45-42-39-36-33-30-27-24-21-18-15-12-9-6-3)66-73-68(70)62-59-56-53-50-47-44-41-38-35-32-29-26-23-20-17-14-11-8-5-2/h7,10,16-17,19-20,25-30,34-35,37-38,67H,4-6,8-9,11-15,18,21-24,31-33,36,39-66H2,1-3H3/b10-7-,19-16-,20-17-,28-25-,29-26-,30-27-,37-34-,38-35-. The van der Waals surface area contributed by atoms with E-state index in [1.54, 1.807) is 0 Å². The van der Waals surface area contributed by atoms with E-state index >= 15 is 0 Å². The molecule has 426 valence electrons. The summed E-state index contributed by atoms with van der Waals surface area (Å²) in [5.74, 6) is -0.413. The number of hydrogen-bond acceptors (Lipinski definition) is 5. The van der Waals surface area contributed by atoms with Crippen LogP contribution in [0.15, 0.2) is 97.2 Å². The van der Waals surface area contributed by atoms with Crippen molar-refractivity contribution >= 4 is 11.9 Å². The van der Waals surface area contributed by atoms with E-state index in [0.29, 0.717) is 19.4 Å². The van der Waals surface area contributed by atoms with E-state index in [1.165, 1.54) is 173 Å². The van der Waals surface area contributed by atoms with Gasteiger partial charge in [-0.3, -0.25) is 9.59 Å². The van der Waals surface area contributed by atoms with Crippen LogP contribution >= 0.6 is 0 Å². The molecule has 1 atom stereocenters. The molecule has 0 saturated carbocycles. The van der Waals surface area contributed by atoms with E-state index in [1.807, 2.05) is 0 Å². The third-order valence-corrected chi connectivity index (χ3v) is 13.6. The van der Waals surface area contributed by atoms with Gasteiger partial charge in [-0.25, -0.2) is 0 Å². The fourth-order valence-corrected chi connectivity index (χ4v) is 8.86. The second kappa shape index (κ2) is 64.1. The Balaban J connectivity index is 4.34. The molecule has 0 fully saturated rings. The summed E-state index contributed by atoms with van der Waals surface area (Å²) in [5.41, 5.74) is 0. The second-order valence-electron chi connectivity index (χ2n) is 20.9. The van der Waals surface area contributed by atoms with Crippen LogP contribution in [0, 0.1) is 0 Å². The van der Waals surface area contributed by atoms with Crippen LogP contribution in [-0.2, 0) is 23.8 Å². The molecule has 0 aliphatic heterocycles. The number of esters is 2. The second-order valence-corrected chi connectivity index (χ2v) is 20.9. The van der Waals surface area contributed by atoms with Crippen molar-refractivity contribution in [2.24, 2.45) is 0 Å². The molecule has 0 N–H and O–H groups in total. The zero-order valence-corrected chi connectivity index (χ0v) is 49.1. The molecule has 1 unspecified atom stereocenters. The van der Waals surface area contributed by atoms with Gasteiger partial charge in [0.1, 0.15) is 6.61 Å². The lowest BCUT2D eigenvalue weighted by Gasteiger charge is -2.18. The highest BCUT2D eigenvalue weighted by Crippen LogP contribution is 2.15. The summed E-state index contributed by atoms with van der Waals surface area (Å²) in [7, 11) is 0. The van der Waals surface area contributed by atoms with E-state index in [2.05, 4.69) is 118 Å². The summed E-state index contributed by atoms with van der Waals surface area (Å²) in [4.78, 5) is 25.6. The van der Waals surface area contributed by atoms with E-state index in [9.17, 15) is 9.59 Å². The Kier molecular flexibility index (Phi) is 61.4. The van der Waals surface area contributed by atoms with E-state index in [0.717, 1.165) is 96.3 Å². The minimum absolute atomic E-state index is 0.0699. The Hall–Kier alpha value is -3.18. The molecule has 0 saturated heterocycles. The Labute approximate surface area is 460 Å². The monoisotopic (exact) mass is 1030 g/mol. The highest BCUT2D eigenvalue weighted by molar-refractivity contribution is 5.70.